The average molecular weight is 342 g/mol. The molecule has 6 nitrogen and oxygen atoms in total. The highest BCUT2D eigenvalue weighted by Crippen LogP contribution is 2.23. The average Bonchev–Trinajstić information content (AvgIpc) is 3.41. The van der Waals surface area contributed by atoms with E-state index in [4.69, 9.17) is 0 Å². The van der Waals surface area contributed by atoms with Crippen molar-refractivity contribution in [3.8, 4) is 5.75 Å². The van der Waals surface area contributed by atoms with Gasteiger partial charge in [-0.3, -0.25) is 4.79 Å². The van der Waals surface area contributed by atoms with E-state index in [9.17, 15) is 9.90 Å². The van der Waals surface area contributed by atoms with Crippen molar-refractivity contribution in [2.75, 3.05) is 0 Å². The van der Waals surface area contributed by atoms with Gasteiger partial charge in [-0.2, -0.15) is 0 Å². The summed E-state index contributed by atoms with van der Waals surface area (Å²) in [6.45, 7) is 0. The fourth-order valence-electron chi connectivity index (χ4n) is 3.09. The number of rotatable bonds is 0. The monoisotopic (exact) mass is 342 g/mol. The number of H-pyrrole nitrogens is 3. The van der Waals surface area contributed by atoms with E-state index < -0.39 is 0 Å². The zero-order valence-electron chi connectivity index (χ0n) is 13.6. The first-order chi connectivity index (χ1) is 12.7. The second-order valence-electron chi connectivity index (χ2n) is 6.20. The van der Waals surface area contributed by atoms with Crippen LogP contribution in [0.1, 0.15) is 11.4 Å². The highest BCUT2D eigenvalue weighted by atomic mass is 16.3. The molecule has 0 atom stereocenters. The molecule has 0 aliphatic carbocycles. The van der Waals surface area contributed by atoms with E-state index in [0.29, 0.717) is 27.9 Å². The maximum Gasteiger partial charge on any atom is 0.227 e. The molecule has 4 aromatic rings. The van der Waals surface area contributed by atoms with Crippen molar-refractivity contribution in [3.63, 3.8) is 0 Å². The second kappa shape index (κ2) is 5.35. The number of fused-ring (bicyclic) bond motifs is 8. The Kier molecular flexibility index (Phi) is 2.99. The fourth-order valence-corrected chi connectivity index (χ4v) is 3.09. The number of hydrogen-bond acceptors (Lipinski definition) is 3. The van der Waals surface area contributed by atoms with Gasteiger partial charge in [-0.1, -0.05) is 0 Å². The lowest BCUT2D eigenvalue weighted by Gasteiger charge is -1.90. The molecule has 0 amide bonds. The van der Waals surface area contributed by atoms with Crippen molar-refractivity contribution in [3.05, 3.63) is 70.1 Å². The molecule has 0 aromatic carbocycles. The van der Waals surface area contributed by atoms with Crippen LogP contribution in [0.4, 0.5) is 0 Å². The molecular weight excluding hydrogens is 328 g/mol. The Balaban J connectivity index is 1.95. The first-order valence-corrected chi connectivity index (χ1v) is 8.17. The third-order valence-electron chi connectivity index (χ3n) is 4.39. The minimum absolute atomic E-state index is 0.134. The summed E-state index contributed by atoms with van der Waals surface area (Å²) in [5.41, 5.74) is 4.98. The van der Waals surface area contributed by atoms with Crippen molar-refractivity contribution >= 4 is 45.3 Å². The Morgan fingerprint density at radius 3 is 2.00 bits per heavy atom. The van der Waals surface area contributed by atoms with E-state index >= 15 is 0 Å². The third kappa shape index (κ3) is 2.36. The number of aromatic nitrogens is 4. The van der Waals surface area contributed by atoms with Gasteiger partial charge in [0.2, 0.25) is 5.43 Å². The van der Waals surface area contributed by atoms with E-state index in [1.807, 2.05) is 36.4 Å². The standard InChI is InChI=1S/C20H14N4O2/c25-19-15-5-1-11(21-15)9-12-2-6-17(22-12)20(26)18-8-4-14(24-18)10-13-3-7-16(19)23-13/h1-10,21-23,25H. The van der Waals surface area contributed by atoms with Crippen molar-refractivity contribution < 1.29 is 5.11 Å². The number of aromatic amines is 3. The van der Waals surface area contributed by atoms with Gasteiger partial charge in [0.15, 0.2) is 5.75 Å². The minimum Gasteiger partial charge on any atom is -0.504 e. The Morgan fingerprint density at radius 2 is 1.31 bits per heavy atom. The molecule has 1 aliphatic heterocycles. The quantitative estimate of drug-likeness (QED) is 0.345. The Labute approximate surface area is 146 Å². The van der Waals surface area contributed by atoms with Crippen LogP contribution in [-0.4, -0.2) is 25.0 Å². The van der Waals surface area contributed by atoms with E-state index in [1.54, 1.807) is 24.3 Å². The fraction of sp³-hybridized carbons (Fsp3) is 0. The highest BCUT2D eigenvalue weighted by Gasteiger charge is 2.05. The molecule has 0 spiro atoms. The summed E-state index contributed by atoms with van der Waals surface area (Å²) >= 11 is 0. The summed E-state index contributed by atoms with van der Waals surface area (Å²) in [5, 5.41) is 10.5. The van der Waals surface area contributed by atoms with Crippen LogP contribution in [0.2, 0.25) is 0 Å². The van der Waals surface area contributed by atoms with Gasteiger partial charge >= 0.3 is 0 Å². The van der Waals surface area contributed by atoms with E-state index in [2.05, 4.69) is 19.9 Å². The maximum absolute atomic E-state index is 12.6. The summed E-state index contributed by atoms with van der Waals surface area (Å²) in [6, 6.07) is 14.6. The molecule has 126 valence electrons. The summed E-state index contributed by atoms with van der Waals surface area (Å²) in [6.07, 6.45) is 3.50. The predicted molar refractivity (Wildman–Crippen MR) is 103 cm³/mol. The van der Waals surface area contributed by atoms with Gasteiger partial charge in [0.05, 0.1) is 22.2 Å². The molecule has 6 heteroatoms. The van der Waals surface area contributed by atoms with E-state index in [0.717, 1.165) is 16.6 Å². The smallest absolute Gasteiger partial charge is 0.227 e. The summed E-state index contributed by atoms with van der Waals surface area (Å²) in [7, 11) is 0. The van der Waals surface area contributed by atoms with Gasteiger partial charge in [0.1, 0.15) is 5.69 Å². The zero-order valence-corrected chi connectivity index (χ0v) is 13.6. The van der Waals surface area contributed by atoms with Crippen LogP contribution >= 0.6 is 0 Å². The van der Waals surface area contributed by atoms with Gasteiger partial charge in [-0.25, -0.2) is 4.98 Å². The van der Waals surface area contributed by atoms with Gasteiger partial charge < -0.3 is 20.1 Å². The van der Waals surface area contributed by atoms with Crippen molar-refractivity contribution in [1.82, 2.24) is 19.9 Å². The molecule has 0 fully saturated rings. The third-order valence-corrected chi connectivity index (χ3v) is 4.39. The number of nitrogens with zero attached hydrogens (tertiary/aromatic N) is 1. The van der Waals surface area contributed by atoms with Crippen LogP contribution in [0.3, 0.4) is 0 Å². The van der Waals surface area contributed by atoms with E-state index in [1.165, 1.54) is 0 Å². The molecule has 0 saturated heterocycles. The number of aromatic hydroxyl groups is 1. The lowest BCUT2D eigenvalue weighted by molar-refractivity contribution is 0.485. The largest absolute Gasteiger partial charge is 0.504 e. The van der Waals surface area contributed by atoms with Gasteiger partial charge in [-0.15, -0.1) is 0 Å². The van der Waals surface area contributed by atoms with Gasteiger partial charge in [0.25, 0.3) is 0 Å². The molecule has 4 N–H and O–H groups in total. The summed E-state index contributed by atoms with van der Waals surface area (Å²) < 4.78 is 0. The Hall–Kier alpha value is -3.80. The lowest BCUT2D eigenvalue weighted by Crippen LogP contribution is -2.03. The molecule has 0 saturated carbocycles. The normalized spacial score (nSPS) is 12.0. The molecule has 26 heavy (non-hydrogen) atoms. The highest BCUT2D eigenvalue weighted by molar-refractivity contribution is 5.80. The molecule has 0 unspecified atom stereocenters. The van der Waals surface area contributed by atoms with Crippen LogP contribution < -0.4 is 5.43 Å². The first-order valence-electron chi connectivity index (χ1n) is 8.17. The summed E-state index contributed by atoms with van der Waals surface area (Å²) in [4.78, 5) is 26.4. The number of nitrogens with one attached hydrogen (secondary N) is 3. The first kappa shape index (κ1) is 14.5. The molecule has 1 aliphatic rings. The van der Waals surface area contributed by atoms with Crippen LogP contribution in [0.25, 0.3) is 45.3 Å². The molecule has 4 aromatic heterocycles. The van der Waals surface area contributed by atoms with Crippen molar-refractivity contribution in [2.45, 2.75) is 0 Å². The summed E-state index contributed by atoms with van der Waals surface area (Å²) in [5.74, 6) is 0.134. The van der Waals surface area contributed by atoms with Crippen molar-refractivity contribution in [2.24, 2.45) is 0 Å². The molecule has 8 bridgehead atoms. The van der Waals surface area contributed by atoms with Crippen LogP contribution in [0, 0.1) is 0 Å². The lowest BCUT2D eigenvalue weighted by atomic mass is 10.3. The topological polar surface area (TPSA) is 97.6 Å². The molecule has 5 heterocycles. The predicted octanol–water partition coefficient (Wildman–Crippen LogP) is 3.76. The SMILES string of the molecule is O=c1c2nc(cc3ccc([nH]3)c(O)c3ccc(cc4ccc1[nH]4)[nH]3)C=C2. The molecule has 0 radical (unpaired) electrons. The zero-order chi connectivity index (χ0) is 17.7. The molecular formula is C20H14N4O2. The Bertz CT molecular complexity index is 1370. The van der Waals surface area contributed by atoms with E-state index in [-0.39, 0.29) is 11.2 Å². The van der Waals surface area contributed by atoms with Crippen LogP contribution in [0.5, 0.6) is 5.75 Å². The minimum atomic E-state index is -0.151. The van der Waals surface area contributed by atoms with Crippen LogP contribution in [-0.2, 0) is 0 Å². The van der Waals surface area contributed by atoms with Gasteiger partial charge in [-0.05, 0) is 60.7 Å². The van der Waals surface area contributed by atoms with Crippen molar-refractivity contribution in [1.29, 1.82) is 0 Å². The maximum atomic E-state index is 12.6. The second-order valence-corrected chi connectivity index (χ2v) is 6.20. The number of hydrogen-bond donors (Lipinski definition) is 4. The van der Waals surface area contributed by atoms with Gasteiger partial charge in [0, 0.05) is 16.6 Å². The Morgan fingerprint density at radius 1 is 0.731 bits per heavy atom. The van der Waals surface area contributed by atoms with Crippen LogP contribution in [0.15, 0.2) is 53.3 Å². The molecule has 5 rings (SSSR count).